The number of benzene rings is 1. The van der Waals surface area contributed by atoms with Gasteiger partial charge in [0.2, 0.25) is 5.78 Å². The number of carbonyl (C=O) groups is 2. The zero-order chi connectivity index (χ0) is 20.4. The summed E-state index contributed by atoms with van der Waals surface area (Å²) in [7, 11) is 1.62. The van der Waals surface area contributed by atoms with Gasteiger partial charge in [0.25, 0.3) is 5.91 Å². The predicted molar refractivity (Wildman–Crippen MR) is 106 cm³/mol. The third-order valence-electron chi connectivity index (χ3n) is 4.18. The van der Waals surface area contributed by atoms with Gasteiger partial charge >= 0.3 is 5.97 Å². The molecule has 0 aliphatic rings. The fraction of sp³-hybridized carbons (Fsp3) is 0.150. The van der Waals surface area contributed by atoms with Gasteiger partial charge in [-0.15, -0.1) is 0 Å². The maximum absolute atomic E-state index is 12.7. The largest absolute Gasteiger partial charge is 0.461 e. The Morgan fingerprint density at radius 3 is 2.66 bits per heavy atom. The molecule has 0 aliphatic heterocycles. The molecule has 0 fully saturated rings. The molecule has 0 bridgehead atoms. The summed E-state index contributed by atoms with van der Waals surface area (Å²) < 4.78 is 8.12. The third kappa shape index (κ3) is 3.70. The van der Waals surface area contributed by atoms with Gasteiger partial charge in [-0.2, -0.15) is 10.1 Å². The topological polar surface area (TPSA) is 103 Å². The van der Waals surface area contributed by atoms with Gasteiger partial charge in [0.15, 0.2) is 5.69 Å². The molecule has 29 heavy (non-hydrogen) atoms. The number of aromatic nitrogens is 5. The van der Waals surface area contributed by atoms with Crippen LogP contribution in [0.5, 0.6) is 0 Å². The first-order valence-electron chi connectivity index (χ1n) is 8.98. The molecule has 1 amide bonds. The molecule has 1 N–H and O–H groups in total. The number of nitrogens with zero attached hydrogens (tertiary/aromatic N) is 5. The normalized spacial score (nSPS) is 10.8. The molecule has 3 aromatic heterocycles. The van der Waals surface area contributed by atoms with E-state index in [2.05, 4.69) is 20.4 Å². The summed E-state index contributed by atoms with van der Waals surface area (Å²) in [5.74, 6) is -0.403. The number of imidazole rings is 1. The van der Waals surface area contributed by atoms with E-state index in [0.29, 0.717) is 11.6 Å². The van der Waals surface area contributed by atoms with Crippen molar-refractivity contribution in [3.05, 3.63) is 66.2 Å². The minimum absolute atomic E-state index is 0.0416. The lowest BCUT2D eigenvalue weighted by Crippen LogP contribution is -2.17. The first-order valence-corrected chi connectivity index (χ1v) is 8.98. The molecule has 0 saturated heterocycles. The van der Waals surface area contributed by atoms with Crippen molar-refractivity contribution in [2.45, 2.75) is 6.92 Å². The molecule has 0 saturated carbocycles. The van der Waals surface area contributed by atoms with Crippen molar-refractivity contribution in [1.82, 2.24) is 24.1 Å². The molecule has 4 rings (SSSR count). The standard InChI is InChI=1S/C20H18N6O3/c1-3-29-19(28)17-14(11-25(2)24-17)18(27)22-16-9-10-26-12-15(21-20(26)23-16)13-7-5-4-6-8-13/h4-12H,3H2,1-2H3,(H,21,22,23,27). The second kappa shape index (κ2) is 7.55. The van der Waals surface area contributed by atoms with E-state index in [1.165, 1.54) is 10.9 Å². The van der Waals surface area contributed by atoms with E-state index in [9.17, 15) is 9.59 Å². The molecule has 3 heterocycles. The molecule has 9 heteroatoms. The van der Waals surface area contributed by atoms with E-state index in [4.69, 9.17) is 4.74 Å². The Morgan fingerprint density at radius 2 is 1.90 bits per heavy atom. The molecule has 0 spiro atoms. The first-order chi connectivity index (χ1) is 14.0. The molecule has 1 aromatic carbocycles. The summed E-state index contributed by atoms with van der Waals surface area (Å²) in [6.45, 7) is 1.88. The van der Waals surface area contributed by atoms with Crippen LogP contribution < -0.4 is 5.32 Å². The lowest BCUT2D eigenvalue weighted by Gasteiger charge is -2.04. The fourth-order valence-electron chi connectivity index (χ4n) is 2.88. The smallest absolute Gasteiger partial charge is 0.359 e. The third-order valence-corrected chi connectivity index (χ3v) is 4.18. The van der Waals surface area contributed by atoms with E-state index in [-0.39, 0.29) is 17.9 Å². The summed E-state index contributed by atoms with van der Waals surface area (Å²) in [6, 6.07) is 11.4. The maximum atomic E-state index is 12.7. The van der Waals surface area contributed by atoms with Crippen LogP contribution in [0.1, 0.15) is 27.8 Å². The summed E-state index contributed by atoms with van der Waals surface area (Å²) in [6.07, 6.45) is 5.08. The van der Waals surface area contributed by atoms with E-state index < -0.39 is 11.9 Å². The molecule has 0 aliphatic carbocycles. The van der Waals surface area contributed by atoms with Crippen LogP contribution in [0.4, 0.5) is 5.82 Å². The Bertz CT molecular complexity index is 1200. The number of esters is 1. The van der Waals surface area contributed by atoms with Crippen LogP contribution in [0.2, 0.25) is 0 Å². The summed E-state index contributed by atoms with van der Waals surface area (Å²) in [5.41, 5.74) is 1.82. The number of anilines is 1. The highest BCUT2D eigenvalue weighted by Crippen LogP contribution is 2.19. The highest BCUT2D eigenvalue weighted by atomic mass is 16.5. The molecule has 4 aromatic rings. The lowest BCUT2D eigenvalue weighted by molar-refractivity contribution is 0.0515. The monoisotopic (exact) mass is 390 g/mol. The van der Waals surface area contributed by atoms with Crippen molar-refractivity contribution in [2.24, 2.45) is 7.05 Å². The van der Waals surface area contributed by atoms with Crippen LogP contribution >= 0.6 is 0 Å². The molecule has 0 unspecified atom stereocenters. The van der Waals surface area contributed by atoms with Gasteiger partial charge in [0, 0.05) is 31.2 Å². The summed E-state index contributed by atoms with van der Waals surface area (Å²) >= 11 is 0. The highest BCUT2D eigenvalue weighted by Gasteiger charge is 2.23. The zero-order valence-electron chi connectivity index (χ0n) is 15.9. The Labute approximate surface area is 166 Å². The van der Waals surface area contributed by atoms with Crippen LogP contribution in [0.25, 0.3) is 17.0 Å². The fourth-order valence-corrected chi connectivity index (χ4v) is 2.88. The molecular formula is C20H18N6O3. The van der Waals surface area contributed by atoms with E-state index in [0.717, 1.165) is 11.3 Å². The van der Waals surface area contributed by atoms with Crippen molar-refractivity contribution >= 4 is 23.5 Å². The molecular weight excluding hydrogens is 372 g/mol. The Kier molecular flexibility index (Phi) is 4.78. The van der Waals surface area contributed by atoms with E-state index in [1.807, 2.05) is 36.5 Å². The van der Waals surface area contributed by atoms with E-state index >= 15 is 0 Å². The highest BCUT2D eigenvalue weighted by molar-refractivity contribution is 6.09. The predicted octanol–water partition coefficient (Wildman–Crippen LogP) is 2.56. The van der Waals surface area contributed by atoms with Gasteiger partial charge in [-0.05, 0) is 13.0 Å². The van der Waals surface area contributed by atoms with Crippen LogP contribution in [0.3, 0.4) is 0 Å². The van der Waals surface area contributed by atoms with Crippen LogP contribution in [-0.4, -0.2) is 42.6 Å². The molecule has 0 atom stereocenters. The number of ether oxygens (including phenoxy) is 1. The Hall–Kier alpha value is -4.01. The number of amides is 1. The zero-order valence-corrected chi connectivity index (χ0v) is 15.9. The maximum Gasteiger partial charge on any atom is 0.359 e. The van der Waals surface area contributed by atoms with Crippen LogP contribution in [0, 0.1) is 0 Å². The summed E-state index contributed by atoms with van der Waals surface area (Å²) in [4.78, 5) is 33.6. The average Bonchev–Trinajstić information content (AvgIpc) is 3.32. The number of nitrogens with one attached hydrogen (secondary N) is 1. The molecule has 9 nitrogen and oxygen atoms in total. The number of hydrogen-bond donors (Lipinski definition) is 1. The van der Waals surface area contributed by atoms with E-state index in [1.54, 1.807) is 30.6 Å². The van der Waals surface area contributed by atoms with Crippen molar-refractivity contribution in [3.63, 3.8) is 0 Å². The second-order valence-electron chi connectivity index (χ2n) is 6.25. The quantitative estimate of drug-likeness (QED) is 0.525. The van der Waals surface area contributed by atoms with Crippen molar-refractivity contribution in [3.8, 4) is 11.3 Å². The van der Waals surface area contributed by atoms with Crippen molar-refractivity contribution < 1.29 is 14.3 Å². The Balaban J connectivity index is 1.60. The van der Waals surface area contributed by atoms with Gasteiger partial charge in [-0.25, -0.2) is 9.78 Å². The molecule has 0 radical (unpaired) electrons. The Morgan fingerprint density at radius 1 is 1.10 bits per heavy atom. The number of rotatable bonds is 5. The number of fused-ring (bicyclic) bond motifs is 1. The van der Waals surface area contributed by atoms with Gasteiger partial charge in [-0.3, -0.25) is 13.9 Å². The summed E-state index contributed by atoms with van der Waals surface area (Å²) in [5, 5.41) is 6.71. The number of hydrogen-bond acceptors (Lipinski definition) is 6. The van der Waals surface area contributed by atoms with Gasteiger partial charge in [0.05, 0.1) is 17.9 Å². The van der Waals surface area contributed by atoms with Gasteiger partial charge in [-0.1, -0.05) is 30.3 Å². The number of aryl methyl sites for hydroxylation is 1. The van der Waals surface area contributed by atoms with Gasteiger partial charge in [0.1, 0.15) is 5.82 Å². The first kappa shape index (κ1) is 18.4. The SMILES string of the molecule is CCOC(=O)c1nn(C)cc1C(=O)Nc1ccn2cc(-c3ccccc3)nc2n1. The number of carbonyl (C=O) groups excluding carboxylic acids is 2. The molecule has 146 valence electrons. The lowest BCUT2D eigenvalue weighted by atomic mass is 10.2. The minimum Gasteiger partial charge on any atom is -0.461 e. The second-order valence-corrected chi connectivity index (χ2v) is 6.25. The van der Waals surface area contributed by atoms with Crippen LogP contribution in [-0.2, 0) is 11.8 Å². The van der Waals surface area contributed by atoms with Crippen LogP contribution in [0.15, 0.2) is 55.0 Å². The van der Waals surface area contributed by atoms with Crippen molar-refractivity contribution in [2.75, 3.05) is 11.9 Å². The minimum atomic E-state index is -0.651. The van der Waals surface area contributed by atoms with Crippen molar-refractivity contribution in [1.29, 1.82) is 0 Å². The average molecular weight is 390 g/mol. The van der Waals surface area contributed by atoms with Gasteiger partial charge < -0.3 is 10.1 Å².